The first kappa shape index (κ1) is 14.0. The molecular weight excluding hydrogens is 154 g/mol. The van der Waals surface area contributed by atoms with Crippen LogP contribution in [0.1, 0.15) is 40.5 Å². The van der Waals surface area contributed by atoms with E-state index >= 15 is 0 Å². The zero-order valence-electron chi connectivity index (χ0n) is 8.50. The van der Waals surface area contributed by atoms with Gasteiger partial charge >= 0.3 is 5.97 Å². The van der Waals surface area contributed by atoms with Gasteiger partial charge in [0.15, 0.2) is 0 Å². The van der Waals surface area contributed by atoms with Crippen molar-refractivity contribution in [1.82, 2.24) is 0 Å². The van der Waals surface area contributed by atoms with Crippen molar-refractivity contribution >= 4 is 5.97 Å². The van der Waals surface area contributed by atoms with Crippen molar-refractivity contribution in [3.63, 3.8) is 0 Å². The molecule has 3 heteroatoms. The summed E-state index contributed by atoms with van der Waals surface area (Å²) in [6, 6.07) is -0.713. The smallest absolute Gasteiger partial charge is 0.320 e. The van der Waals surface area contributed by atoms with Crippen LogP contribution < -0.4 is 5.73 Å². The maximum atomic E-state index is 10.0. The monoisotopic (exact) mass is 175 g/mol. The number of carbonyl (C=O) groups is 1. The molecule has 0 spiro atoms. The van der Waals surface area contributed by atoms with Gasteiger partial charge in [0.2, 0.25) is 0 Å². The van der Waals surface area contributed by atoms with Crippen molar-refractivity contribution in [3.05, 3.63) is 0 Å². The summed E-state index contributed by atoms with van der Waals surface area (Å²) in [5.41, 5.74) is 5.16. The van der Waals surface area contributed by atoms with E-state index in [2.05, 4.69) is 13.8 Å². The Morgan fingerprint density at radius 2 is 1.67 bits per heavy atom. The van der Waals surface area contributed by atoms with E-state index in [0.29, 0.717) is 0 Å². The Labute approximate surface area is 75.0 Å². The molecule has 0 aromatic carbocycles. The highest BCUT2D eigenvalue weighted by Gasteiger charge is 2.14. The lowest BCUT2D eigenvalue weighted by Crippen LogP contribution is -2.34. The molecule has 0 saturated carbocycles. The molecule has 0 aliphatic heterocycles. The number of aliphatic carboxylic acids is 1. The highest BCUT2D eigenvalue weighted by Crippen LogP contribution is 1.96. The third-order valence-corrected chi connectivity index (χ3v) is 1.50. The standard InChI is InChI=1S/C5H11NO2.C4H10/c1-3(2)4(6)5(7)8;1-3-4-2/h3-4H,6H2,1-2H3,(H,7,8);3-4H2,1-2H3. The molecule has 0 aliphatic rings. The summed E-state index contributed by atoms with van der Waals surface area (Å²) < 4.78 is 0. The van der Waals surface area contributed by atoms with Crippen LogP contribution in [0.25, 0.3) is 0 Å². The first-order valence-corrected chi connectivity index (χ1v) is 4.45. The SMILES string of the molecule is CC(C)C(N)C(=O)O.CCCC. The molecule has 0 aromatic heterocycles. The van der Waals surface area contributed by atoms with Crippen LogP contribution in [-0.4, -0.2) is 17.1 Å². The topological polar surface area (TPSA) is 63.3 Å². The number of rotatable bonds is 3. The van der Waals surface area contributed by atoms with Crippen LogP contribution in [0.2, 0.25) is 0 Å². The molecule has 1 atom stereocenters. The number of hydrogen-bond acceptors (Lipinski definition) is 2. The second-order valence-corrected chi connectivity index (χ2v) is 3.11. The molecule has 3 nitrogen and oxygen atoms in total. The molecule has 0 aromatic rings. The number of hydrogen-bond donors (Lipinski definition) is 2. The van der Waals surface area contributed by atoms with Crippen LogP contribution in [0.4, 0.5) is 0 Å². The summed E-state index contributed by atoms with van der Waals surface area (Å²) in [5, 5.41) is 8.23. The molecule has 0 aliphatic carbocycles. The quantitative estimate of drug-likeness (QED) is 0.688. The van der Waals surface area contributed by atoms with E-state index in [9.17, 15) is 4.79 Å². The van der Waals surface area contributed by atoms with E-state index in [0.717, 1.165) is 0 Å². The van der Waals surface area contributed by atoms with E-state index in [1.807, 2.05) is 0 Å². The van der Waals surface area contributed by atoms with Gasteiger partial charge in [-0.2, -0.15) is 0 Å². The van der Waals surface area contributed by atoms with Gasteiger partial charge in [-0.05, 0) is 5.92 Å². The van der Waals surface area contributed by atoms with Crippen molar-refractivity contribution in [1.29, 1.82) is 0 Å². The Bertz CT molecular complexity index is 111. The molecule has 0 rings (SSSR count). The number of nitrogens with two attached hydrogens (primary N) is 1. The molecule has 0 saturated heterocycles. The third-order valence-electron chi connectivity index (χ3n) is 1.50. The predicted molar refractivity (Wildman–Crippen MR) is 51.0 cm³/mol. The molecule has 0 amide bonds. The van der Waals surface area contributed by atoms with Gasteiger partial charge in [0.1, 0.15) is 6.04 Å². The van der Waals surface area contributed by atoms with Gasteiger partial charge in [0.05, 0.1) is 0 Å². The minimum atomic E-state index is -0.931. The summed E-state index contributed by atoms with van der Waals surface area (Å²) in [4.78, 5) is 10.0. The van der Waals surface area contributed by atoms with Gasteiger partial charge < -0.3 is 10.8 Å². The van der Waals surface area contributed by atoms with Crippen LogP contribution in [0.15, 0.2) is 0 Å². The third kappa shape index (κ3) is 9.43. The Kier molecular flexibility index (Phi) is 9.93. The minimum Gasteiger partial charge on any atom is -0.480 e. The number of unbranched alkanes of at least 4 members (excludes halogenated alkanes) is 1. The first-order chi connectivity index (χ1) is 5.47. The van der Waals surface area contributed by atoms with Crippen LogP contribution in [0.5, 0.6) is 0 Å². The van der Waals surface area contributed by atoms with Gasteiger partial charge in [-0.3, -0.25) is 4.79 Å². The van der Waals surface area contributed by atoms with E-state index in [4.69, 9.17) is 10.8 Å². The fourth-order valence-electron chi connectivity index (χ4n) is 0.285. The molecule has 1 unspecified atom stereocenters. The van der Waals surface area contributed by atoms with Crippen molar-refractivity contribution in [2.75, 3.05) is 0 Å². The van der Waals surface area contributed by atoms with Crippen molar-refractivity contribution in [2.45, 2.75) is 46.6 Å². The lowest BCUT2D eigenvalue weighted by molar-refractivity contribution is -0.139. The van der Waals surface area contributed by atoms with Gasteiger partial charge in [0.25, 0.3) is 0 Å². The summed E-state index contributed by atoms with van der Waals surface area (Å²) in [7, 11) is 0. The highest BCUT2D eigenvalue weighted by molar-refractivity contribution is 5.73. The normalized spacial score (nSPS) is 11.8. The molecule has 3 N–H and O–H groups in total. The molecule has 12 heavy (non-hydrogen) atoms. The van der Waals surface area contributed by atoms with Crippen LogP contribution in [0, 0.1) is 5.92 Å². The average Bonchev–Trinajstić information content (AvgIpc) is 2.03. The highest BCUT2D eigenvalue weighted by atomic mass is 16.4. The van der Waals surface area contributed by atoms with E-state index in [-0.39, 0.29) is 5.92 Å². The Balaban J connectivity index is 0. The Morgan fingerprint density at radius 3 is 1.67 bits per heavy atom. The van der Waals surface area contributed by atoms with Crippen LogP contribution in [-0.2, 0) is 4.79 Å². The molecule has 0 bridgehead atoms. The van der Waals surface area contributed by atoms with Gasteiger partial charge in [0, 0.05) is 0 Å². The maximum Gasteiger partial charge on any atom is 0.320 e. The van der Waals surface area contributed by atoms with Crippen molar-refractivity contribution in [2.24, 2.45) is 11.7 Å². The van der Waals surface area contributed by atoms with E-state index in [1.165, 1.54) is 12.8 Å². The van der Waals surface area contributed by atoms with Gasteiger partial charge in [-0.1, -0.05) is 40.5 Å². The molecule has 0 heterocycles. The van der Waals surface area contributed by atoms with E-state index in [1.54, 1.807) is 13.8 Å². The lowest BCUT2D eigenvalue weighted by Gasteiger charge is -2.07. The maximum absolute atomic E-state index is 10.0. The van der Waals surface area contributed by atoms with Gasteiger partial charge in [-0.15, -0.1) is 0 Å². The Morgan fingerprint density at radius 1 is 1.33 bits per heavy atom. The first-order valence-electron chi connectivity index (χ1n) is 4.45. The zero-order valence-corrected chi connectivity index (χ0v) is 8.50. The minimum absolute atomic E-state index is 0.0208. The van der Waals surface area contributed by atoms with Crippen LogP contribution in [0.3, 0.4) is 0 Å². The summed E-state index contributed by atoms with van der Waals surface area (Å²) >= 11 is 0. The molecule has 0 fully saturated rings. The molecule has 74 valence electrons. The summed E-state index contributed by atoms with van der Waals surface area (Å²) in [5.74, 6) is -0.910. The fourth-order valence-corrected chi connectivity index (χ4v) is 0.285. The van der Waals surface area contributed by atoms with Crippen LogP contribution >= 0.6 is 0 Å². The summed E-state index contributed by atoms with van der Waals surface area (Å²) in [6.45, 7) is 7.91. The molecular formula is C9H21NO2. The number of carboxylic acids is 1. The van der Waals surface area contributed by atoms with E-state index < -0.39 is 12.0 Å². The average molecular weight is 175 g/mol. The number of carboxylic acid groups (broad SMARTS) is 1. The van der Waals surface area contributed by atoms with Crippen molar-refractivity contribution < 1.29 is 9.90 Å². The molecule has 0 radical (unpaired) electrons. The fraction of sp³-hybridized carbons (Fsp3) is 0.889. The van der Waals surface area contributed by atoms with Crippen molar-refractivity contribution in [3.8, 4) is 0 Å². The predicted octanol–water partition coefficient (Wildman–Crippen LogP) is 1.86. The second kappa shape index (κ2) is 8.53. The zero-order chi connectivity index (χ0) is 10.1. The lowest BCUT2D eigenvalue weighted by atomic mass is 10.1. The largest absolute Gasteiger partial charge is 0.480 e. The summed E-state index contributed by atoms with van der Waals surface area (Å²) in [6.07, 6.45) is 2.64. The Hall–Kier alpha value is -0.570. The van der Waals surface area contributed by atoms with Gasteiger partial charge in [-0.25, -0.2) is 0 Å². The second-order valence-electron chi connectivity index (χ2n) is 3.11.